The lowest BCUT2D eigenvalue weighted by molar-refractivity contribution is -0.188. The van der Waals surface area contributed by atoms with Crippen LogP contribution in [-0.4, -0.2) is 51.5 Å². The van der Waals surface area contributed by atoms with Gasteiger partial charge >= 0.3 is 6.18 Å². The maximum absolute atomic E-state index is 13.6. The zero-order chi connectivity index (χ0) is 16.3. The average molecular weight is 383 g/mol. The molecule has 0 aromatic heterocycles. The molecule has 1 atom stereocenters. The minimum atomic E-state index is -4.38. The fraction of sp³-hybridized carbons (Fsp3) is 0.571. The summed E-state index contributed by atoms with van der Waals surface area (Å²) in [5, 5.41) is 3.06. The molecule has 2 rings (SSSR count). The van der Waals surface area contributed by atoms with Gasteiger partial charge in [-0.05, 0) is 17.7 Å². The Labute approximate surface area is 135 Å². The summed E-state index contributed by atoms with van der Waals surface area (Å²) in [4.78, 5) is 1.43. The number of ether oxygens (including phenoxy) is 2. The SMILES string of the molecule is COc1cc(Br)c([C@H](N2CCNCC2)C(F)(F)F)cc1OC. The number of nitrogens with zero attached hydrogens (tertiary/aromatic N) is 1. The number of nitrogens with one attached hydrogen (secondary N) is 1. The van der Waals surface area contributed by atoms with Crippen molar-refractivity contribution in [2.45, 2.75) is 12.2 Å². The maximum Gasteiger partial charge on any atom is 0.408 e. The predicted octanol–water partition coefficient (Wildman–Crippen LogP) is 2.97. The molecule has 1 N–H and O–H groups in total. The molecule has 22 heavy (non-hydrogen) atoms. The first-order valence-electron chi connectivity index (χ1n) is 6.81. The lowest BCUT2D eigenvalue weighted by Crippen LogP contribution is -2.49. The highest BCUT2D eigenvalue weighted by Crippen LogP contribution is 2.44. The van der Waals surface area contributed by atoms with E-state index in [4.69, 9.17) is 9.47 Å². The van der Waals surface area contributed by atoms with Crippen LogP contribution in [0.1, 0.15) is 11.6 Å². The number of rotatable bonds is 4. The van der Waals surface area contributed by atoms with E-state index < -0.39 is 12.2 Å². The smallest absolute Gasteiger partial charge is 0.408 e. The summed E-state index contributed by atoms with van der Waals surface area (Å²) in [5.74, 6) is 0.671. The molecule has 0 radical (unpaired) electrons. The van der Waals surface area contributed by atoms with Crippen LogP contribution in [0.25, 0.3) is 0 Å². The maximum atomic E-state index is 13.6. The Morgan fingerprint density at radius 1 is 1.14 bits per heavy atom. The molecule has 8 heteroatoms. The van der Waals surface area contributed by atoms with Gasteiger partial charge in [-0.25, -0.2) is 0 Å². The molecule has 0 bridgehead atoms. The van der Waals surface area contributed by atoms with Crippen LogP contribution < -0.4 is 14.8 Å². The third kappa shape index (κ3) is 3.67. The van der Waals surface area contributed by atoms with Crippen molar-refractivity contribution >= 4 is 15.9 Å². The Bertz CT molecular complexity index is 520. The summed E-state index contributed by atoms with van der Waals surface area (Å²) in [6, 6.07) is 1.22. The van der Waals surface area contributed by atoms with Gasteiger partial charge in [0.15, 0.2) is 11.5 Å². The predicted molar refractivity (Wildman–Crippen MR) is 80.5 cm³/mol. The van der Waals surface area contributed by atoms with E-state index >= 15 is 0 Å². The van der Waals surface area contributed by atoms with Crippen molar-refractivity contribution in [3.8, 4) is 11.5 Å². The number of piperazine rings is 1. The number of hydrogen-bond acceptors (Lipinski definition) is 4. The van der Waals surface area contributed by atoms with E-state index in [2.05, 4.69) is 21.2 Å². The lowest BCUT2D eigenvalue weighted by atomic mass is 10.0. The molecule has 0 saturated carbocycles. The summed E-state index contributed by atoms with van der Waals surface area (Å²) in [6.45, 7) is 1.75. The fourth-order valence-electron chi connectivity index (χ4n) is 2.60. The Morgan fingerprint density at radius 3 is 2.18 bits per heavy atom. The van der Waals surface area contributed by atoms with Crippen LogP contribution in [0.2, 0.25) is 0 Å². The van der Waals surface area contributed by atoms with Crippen molar-refractivity contribution in [1.29, 1.82) is 0 Å². The molecule has 1 aliphatic rings. The van der Waals surface area contributed by atoms with Gasteiger partial charge in [-0.3, -0.25) is 4.90 Å². The standard InChI is InChI=1S/C14H18BrF3N2O2/c1-21-11-7-9(10(15)8-12(11)22-2)13(14(16,17)18)20-5-3-19-4-6-20/h7-8,13,19H,3-6H2,1-2H3/t13-/m0/s1. The first kappa shape index (κ1) is 17.4. The van der Waals surface area contributed by atoms with Crippen molar-refractivity contribution in [2.75, 3.05) is 40.4 Å². The molecule has 0 aliphatic carbocycles. The molecular weight excluding hydrogens is 365 g/mol. The van der Waals surface area contributed by atoms with E-state index in [9.17, 15) is 13.2 Å². The highest BCUT2D eigenvalue weighted by molar-refractivity contribution is 9.10. The number of hydrogen-bond donors (Lipinski definition) is 1. The summed E-state index contributed by atoms with van der Waals surface area (Å²) < 4.78 is 51.5. The summed E-state index contributed by atoms with van der Waals surface area (Å²) in [6.07, 6.45) is -4.38. The highest BCUT2D eigenvalue weighted by Gasteiger charge is 2.46. The second kappa shape index (κ2) is 7.06. The fourth-order valence-corrected chi connectivity index (χ4v) is 3.14. The monoisotopic (exact) mass is 382 g/mol. The minimum Gasteiger partial charge on any atom is -0.493 e. The summed E-state index contributed by atoms with van der Waals surface area (Å²) >= 11 is 3.23. The van der Waals surface area contributed by atoms with Gasteiger partial charge in [-0.1, -0.05) is 15.9 Å². The molecule has 0 spiro atoms. The Balaban J connectivity index is 2.47. The van der Waals surface area contributed by atoms with Crippen LogP contribution in [0.5, 0.6) is 11.5 Å². The molecule has 1 aliphatic heterocycles. The van der Waals surface area contributed by atoms with Crippen molar-refractivity contribution in [3.63, 3.8) is 0 Å². The summed E-state index contributed by atoms with van der Waals surface area (Å²) in [7, 11) is 2.85. The van der Waals surface area contributed by atoms with E-state index in [1.165, 1.54) is 31.3 Å². The number of benzene rings is 1. The van der Waals surface area contributed by atoms with Crippen LogP contribution in [0.4, 0.5) is 13.2 Å². The van der Waals surface area contributed by atoms with Crippen LogP contribution in [0.15, 0.2) is 16.6 Å². The van der Waals surface area contributed by atoms with Gasteiger partial charge < -0.3 is 14.8 Å². The molecule has 1 heterocycles. The van der Waals surface area contributed by atoms with Crippen molar-refractivity contribution in [2.24, 2.45) is 0 Å². The van der Waals surface area contributed by atoms with Crippen LogP contribution in [0, 0.1) is 0 Å². The lowest BCUT2D eigenvalue weighted by Gasteiger charge is -2.36. The molecular formula is C14H18BrF3N2O2. The van der Waals surface area contributed by atoms with Crippen molar-refractivity contribution in [3.05, 3.63) is 22.2 Å². The van der Waals surface area contributed by atoms with Crippen molar-refractivity contribution < 1.29 is 22.6 Å². The normalized spacial score (nSPS) is 18.1. The zero-order valence-corrected chi connectivity index (χ0v) is 13.9. The van der Waals surface area contributed by atoms with Gasteiger partial charge in [0.25, 0.3) is 0 Å². The van der Waals surface area contributed by atoms with Gasteiger partial charge in [-0.15, -0.1) is 0 Å². The third-order valence-corrected chi connectivity index (χ3v) is 4.31. The van der Waals surface area contributed by atoms with Gasteiger partial charge in [0, 0.05) is 30.7 Å². The molecule has 124 valence electrons. The van der Waals surface area contributed by atoms with Crippen molar-refractivity contribution in [1.82, 2.24) is 10.2 Å². The van der Waals surface area contributed by atoms with E-state index in [0.29, 0.717) is 36.4 Å². The van der Waals surface area contributed by atoms with E-state index in [1.807, 2.05) is 0 Å². The van der Waals surface area contributed by atoms with E-state index in [-0.39, 0.29) is 11.3 Å². The second-order valence-electron chi connectivity index (χ2n) is 4.96. The molecule has 0 amide bonds. The molecule has 1 saturated heterocycles. The first-order valence-corrected chi connectivity index (χ1v) is 7.60. The molecule has 4 nitrogen and oxygen atoms in total. The topological polar surface area (TPSA) is 33.7 Å². The molecule has 1 aromatic carbocycles. The Kier molecular flexibility index (Phi) is 5.57. The Morgan fingerprint density at radius 2 is 1.68 bits per heavy atom. The average Bonchev–Trinajstić information content (AvgIpc) is 2.48. The zero-order valence-electron chi connectivity index (χ0n) is 12.3. The molecule has 0 unspecified atom stereocenters. The third-order valence-electron chi connectivity index (χ3n) is 3.62. The van der Waals surface area contributed by atoms with Gasteiger partial charge in [0.05, 0.1) is 14.2 Å². The van der Waals surface area contributed by atoms with Gasteiger partial charge in [0.1, 0.15) is 6.04 Å². The van der Waals surface area contributed by atoms with Crippen LogP contribution >= 0.6 is 15.9 Å². The number of alkyl halides is 3. The second-order valence-corrected chi connectivity index (χ2v) is 5.81. The van der Waals surface area contributed by atoms with Crippen LogP contribution in [0.3, 0.4) is 0 Å². The van der Waals surface area contributed by atoms with Gasteiger partial charge in [0.2, 0.25) is 0 Å². The van der Waals surface area contributed by atoms with Crippen LogP contribution in [-0.2, 0) is 0 Å². The first-order chi connectivity index (χ1) is 10.4. The summed E-state index contributed by atoms with van der Waals surface area (Å²) in [5.41, 5.74) is 0.132. The molecule has 1 fully saturated rings. The van der Waals surface area contributed by atoms with E-state index in [0.717, 1.165) is 0 Å². The minimum absolute atomic E-state index is 0.132. The quantitative estimate of drug-likeness (QED) is 0.867. The van der Waals surface area contributed by atoms with E-state index in [1.54, 1.807) is 0 Å². The number of halogens is 4. The Hall–Kier alpha value is -0.990. The number of methoxy groups -OCH3 is 2. The van der Waals surface area contributed by atoms with Gasteiger partial charge in [-0.2, -0.15) is 13.2 Å². The largest absolute Gasteiger partial charge is 0.493 e. The highest BCUT2D eigenvalue weighted by atomic mass is 79.9. The molecule has 1 aromatic rings.